The van der Waals surface area contributed by atoms with E-state index in [1.165, 1.54) is 30.4 Å². The van der Waals surface area contributed by atoms with Crippen molar-refractivity contribution in [3.05, 3.63) is 35.7 Å². The fraction of sp³-hybridized carbons (Fsp3) is 0.571. The highest BCUT2D eigenvalue weighted by Gasteiger charge is 2.21. The van der Waals surface area contributed by atoms with Crippen LogP contribution in [0.5, 0.6) is 0 Å². The molecule has 0 amide bonds. The van der Waals surface area contributed by atoms with Gasteiger partial charge in [0.2, 0.25) is 0 Å². The highest BCUT2D eigenvalue weighted by atomic mass is 15.3. The molecule has 102 valence electrons. The third kappa shape index (κ3) is 2.42. The van der Waals surface area contributed by atoms with E-state index in [1.54, 1.807) is 6.33 Å². The molecule has 2 aromatic heterocycles. The summed E-state index contributed by atoms with van der Waals surface area (Å²) in [5.41, 5.74) is 2.95. The van der Waals surface area contributed by atoms with Gasteiger partial charge in [0, 0.05) is 25.5 Å². The number of hydrogen-bond acceptors (Lipinski definition) is 3. The number of aryl methyl sites for hydroxylation is 2. The Bertz CT molecular complexity index is 554. The maximum absolute atomic E-state index is 4.15. The van der Waals surface area contributed by atoms with Crippen molar-refractivity contribution in [1.82, 2.24) is 24.6 Å². The summed E-state index contributed by atoms with van der Waals surface area (Å²) in [5.74, 6) is 0.993. The van der Waals surface area contributed by atoms with Crippen LogP contribution in [0, 0.1) is 0 Å². The smallest absolute Gasteiger partial charge is 0.152 e. The molecule has 2 heterocycles. The monoisotopic (exact) mass is 259 g/mol. The molecule has 0 saturated carbocycles. The lowest BCUT2D eigenvalue weighted by Crippen LogP contribution is -2.23. The van der Waals surface area contributed by atoms with E-state index in [0.717, 1.165) is 18.9 Å². The molecule has 0 radical (unpaired) electrons. The Balaban J connectivity index is 1.83. The normalized spacial score (nSPS) is 18.5. The Morgan fingerprint density at radius 1 is 1.42 bits per heavy atom. The van der Waals surface area contributed by atoms with Crippen LogP contribution in [-0.4, -0.2) is 25.9 Å². The minimum absolute atomic E-state index is 0.523. The lowest BCUT2D eigenvalue weighted by atomic mass is 9.91. The SMILES string of the molecule is CCNC1CCCc2cn(Cc3nncn3C)cc21. The number of rotatable bonds is 4. The quantitative estimate of drug-likeness (QED) is 0.908. The second-order valence-electron chi connectivity index (χ2n) is 5.27. The van der Waals surface area contributed by atoms with Gasteiger partial charge in [-0.15, -0.1) is 10.2 Å². The van der Waals surface area contributed by atoms with Crippen molar-refractivity contribution in [1.29, 1.82) is 0 Å². The Morgan fingerprint density at radius 2 is 2.32 bits per heavy atom. The summed E-state index contributed by atoms with van der Waals surface area (Å²) in [7, 11) is 1.99. The third-order valence-corrected chi connectivity index (χ3v) is 3.89. The summed E-state index contributed by atoms with van der Waals surface area (Å²) in [4.78, 5) is 0. The van der Waals surface area contributed by atoms with Gasteiger partial charge in [0.25, 0.3) is 0 Å². The average Bonchev–Trinajstić information content (AvgIpc) is 2.98. The predicted octanol–water partition coefficient (Wildman–Crippen LogP) is 1.65. The van der Waals surface area contributed by atoms with E-state index in [9.17, 15) is 0 Å². The molecule has 0 aliphatic heterocycles. The predicted molar refractivity (Wildman–Crippen MR) is 73.9 cm³/mol. The second-order valence-corrected chi connectivity index (χ2v) is 5.27. The van der Waals surface area contributed by atoms with E-state index in [2.05, 4.69) is 39.4 Å². The molecule has 1 unspecified atom stereocenters. The standard InChI is InChI=1S/C14H21N5/c1-3-15-13-6-4-5-11-7-19(8-12(11)13)9-14-17-16-10-18(14)2/h7-8,10,13,15H,3-6,9H2,1-2H3. The first-order valence-electron chi connectivity index (χ1n) is 7.02. The molecule has 5 nitrogen and oxygen atoms in total. The maximum atomic E-state index is 4.15. The van der Waals surface area contributed by atoms with Gasteiger partial charge in [0.15, 0.2) is 5.82 Å². The van der Waals surface area contributed by atoms with E-state index in [-0.39, 0.29) is 0 Å². The van der Waals surface area contributed by atoms with Gasteiger partial charge in [-0.1, -0.05) is 6.92 Å². The summed E-state index contributed by atoms with van der Waals surface area (Å²) in [6.07, 6.45) is 10.0. The van der Waals surface area contributed by atoms with Crippen LogP contribution in [0.2, 0.25) is 0 Å². The van der Waals surface area contributed by atoms with Crippen LogP contribution < -0.4 is 5.32 Å². The van der Waals surface area contributed by atoms with E-state index >= 15 is 0 Å². The van der Waals surface area contributed by atoms with Gasteiger partial charge in [-0.2, -0.15) is 0 Å². The van der Waals surface area contributed by atoms with Crippen LogP contribution in [-0.2, 0) is 20.0 Å². The van der Waals surface area contributed by atoms with Gasteiger partial charge in [0.1, 0.15) is 6.33 Å². The Labute approximate surface area is 113 Å². The summed E-state index contributed by atoms with van der Waals surface area (Å²) in [5, 5.41) is 11.7. The first kappa shape index (κ1) is 12.4. The molecule has 0 bridgehead atoms. The molecule has 0 fully saturated rings. The van der Waals surface area contributed by atoms with E-state index in [0.29, 0.717) is 6.04 Å². The summed E-state index contributed by atoms with van der Waals surface area (Å²) in [6, 6.07) is 0.523. The van der Waals surface area contributed by atoms with E-state index in [4.69, 9.17) is 0 Å². The molecular formula is C14H21N5. The fourth-order valence-electron chi connectivity index (χ4n) is 2.91. The van der Waals surface area contributed by atoms with Gasteiger partial charge in [-0.25, -0.2) is 0 Å². The lowest BCUT2D eigenvalue weighted by molar-refractivity contribution is 0.473. The average molecular weight is 259 g/mol. The molecule has 1 aliphatic carbocycles. The fourth-order valence-corrected chi connectivity index (χ4v) is 2.91. The van der Waals surface area contributed by atoms with Crippen LogP contribution in [0.25, 0.3) is 0 Å². The van der Waals surface area contributed by atoms with Crippen LogP contribution in [0.4, 0.5) is 0 Å². The zero-order valence-electron chi connectivity index (χ0n) is 11.6. The van der Waals surface area contributed by atoms with Crippen molar-refractivity contribution in [2.24, 2.45) is 7.05 Å². The van der Waals surface area contributed by atoms with Gasteiger partial charge in [-0.3, -0.25) is 0 Å². The van der Waals surface area contributed by atoms with Crippen molar-refractivity contribution in [3.8, 4) is 0 Å². The number of nitrogens with zero attached hydrogens (tertiary/aromatic N) is 4. The van der Waals surface area contributed by atoms with Crippen molar-refractivity contribution < 1.29 is 0 Å². The zero-order chi connectivity index (χ0) is 13.2. The number of aromatic nitrogens is 4. The molecule has 3 rings (SSSR count). The van der Waals surface area contributed by atoms with Gasteiger partial charge in [0.05, 0.1) is 6.54 Å². The molecule has 0 spiro atoms. The highest BCUT2D eigenvalue weighted by Crippen LogP contribution is 2.30. The maximum Gasteiger partial charge on any atom is 0.152 e. The largest absolute Gasteiger partial charge is 0.346 e. The molecule has 0 aromatic carbocycles. The summed E-state index contributed by atoms with van der Waals surface area (Å²) in [6.45, 7) is 3.99. The topological polar surface area (TPSA) is 47.7 Å². The second kappa shape index (κ2) is 5.17. The Kier molecular flexibility index (Phi) is 3.38. The van der Waals surface area contributed by atoms with Crippen LogP contribution in [0.3, 0.4) is 0 Å². The van der Waals surface area contributed by atoms with Crippen LogP contribution in [0.1, 0.15) is 42.8 Å². The molecule has 1 aliphatic rings. The third-order valence-electron chi connectivity index (χ3n) is 3.89. The Morgan fingerprint density at radius 3 is 3.05 bits per heavy atom. The minimum atomic E-state index is 0.523. The van der Waals surface area contributed by atoms with Crippen molar-refractivity contribution >= 4 is 0 Å². The first-order valence-corrected chi connectivity index (χ1v) is 7.02. The lowest BCUT2D eigenvalue weighted by Gasteiger charge is -2.22. The van der Waals surface area contributed by atoms with Crippen LogP contribution >= 0.6 is 0 Å². The zero-order valence-corrected chi connectivity index (χ0v) is 11.6. The molecule has 19 heavy (non-hydrogen) atoms. The number of hydrogen-bond donors (Lipinski definition) is 1. The summed E-state index contributed by atoms with van der Waals surface area (Å²) < 4.78 is 4.21. The van der Waals surface area contributed by atoms with Gasteiger partial charge in [-0.05, 0) is 36.9 Å². The highest BCUT2D eigenvalue weighted by molar-refractivity contribution is 5.30. The molecule has 1 atom stereocenters. The molecule has 5 heteroatoms. The molecule has 2 aromatic rings. The first-order chi connectivity index (χ1) is 9.28. The van der Waals surface area contributed by atoms with E-state index < -0.39 is 0 Å². The molecular weight excluding hydrogens is 238 g/mol. The minimum Gasteiger partial charge on any atom is -0.346 e. The van der Waals surface area contributed by atoms with Crippen molar-refractivity contribution in [2.45, 2.75) is 38.8 Å². The van der Waals surface area contributed by atoms with Crippen LogP contribution in [0.15, 0.2) is 18.7 Å². The van der Waals surface area contributed by atoms with Crippen molar-refractivity contribution in [2.75, 3.05) is 6.54 Å². The molecule has 0 saturated heterocycles. The Hall–Kier alpha value is -1.62. The molecule has 1 N–H and O–H groups in total. The number of fused-ring (bicyclic) bond motifs is 1. The van der Waals surface area contributed by atoms with Gasteiger partial charge < -0.3 is 14.5 Å². The number of nitrogens with one attached hydrogen (secondary N) is 1. The van der Waals surface area contributed by atoms with E-state index in [1.807, 2.05) is 11.6 Å². The van der Waals surface area contributed by atoms with Gasteiger partial charge >= 0.3 is 0 Å². The summed E-state index contributed by atoms with van der Waals surface area (Å²) >= 11 is 0. The van der Waals surface area contributed by atoms with Crippen molar-refractivity contribution in [3.63, 3.8) is 0 Å².